The quantitative estimate of drug-likeness (QED) is 0.661. The fourth-order valence-electron chi connectivity index (χ4n) is 2.20. The highest BCUT2D eigenvalue weighted by Gasteiger charge is 2.18. The second-order valence-corrected chi connectivity index (χ2v) is 6.54. The van der Waals surface area contributed by atoms with Gasteiger partial charge in [-0.2, -0.15) is 0 Å². The lowest BCUT2D eigenvalue weighted by molar-refractivity contribution is -0.142. The number of carbonyl (C=O) groups is 1. The van der Waals surface area contributed by atoms with E-state index in [2.05, 4.69) is 5.32 Å². The SMILES string of the molecule is CNc1cc(Cl)cc(COc2c(Cl)cc(CC(F)C(=O)O)cc2Cl)c1. The third-order valence-corrected chi connectivity index (χ3v) is 4.15. The molecular weight excluding hydrogens is 392 g/mol. The van der Waals surface area contributed by atoms with Crippen LogP contribution in [0.25, 0.3) is 0 Å². The maximum Gasteiger partial charge on any atom is 0.338 e. The van der Waals surface area contributed by atoms with E-state index in [-0.39, 0.29) is 28.8 Å². The predicted molar refractivity (Wildman–Crippen MR) is 98.0 cm³/mol. The number of hydrogen-bond donors (Lipinski definition) is 2. The summed E-state index contributed by atoms with van der Waals surface area (Å²) in [6, 6.07) is 8.27. The second-order valence-electron chi connectivity index (χ2n) is 5.29. The summed E-state index contributed by atoms with van der Waals surface area (Å²) >= 11 is 18.3. The summed E-state index contributed by atoms with van der Waals surface area (Å²) in [4.78, 5) is 10.6. The first-order valence-electron chi connectivity index (χ1n) is 7.25. The molecule has 0 bridgehead atoms. The number of carboxylic acid groups (broad SMARTS) is 1. The second kappa shape index (κ2) is 8.61. The van der Waals surface area contributed by atoms with Gasteiger partial charge in [0.15, 0.2) is 5.75 Å². The number of halogens is 4. The summed E-state index contributed by atoms with van der Waals surface area (Å²) in [5.74, 6) is -1.29. The zero-order valence-corrected chi connectivity index (χ0v) is 15.4. The fraction of sp³-hybridized carbons (Fsp3) is 0.235. The summed E-state index contributed by atoms with van der Waals surface area (Å²) in [5, 5.41) is 12.5. The summed E-state index contributed by atoms with van der Waals surface area (Å²) in [6.07, 6.45) is -2.35. The van der Waals surface area contributed by atoms with Crippen molar-refractivity contribution in [2.24, 2.45) is 0 Å². The highest BCUT2D eigenvalue weighted by Crippen LogP contribution is 2.35. The average molecular weight is 407 g/mol. The van der Waals surface area contributed by atoms with Crippen LogP contribution in [0.3, 0.4) is 0 Å². The number of hydrogen-bond acceptors (Lipinski definition) is 3. The van der Waals surface area contributed by atoms with E-state index in [4.69, 9.17) is 44.6 Å². The first-order chi connectivity index (χ1) is 11.8. The van der Waals surface area contributed by atoms with E-state index in [0.717, 1.165) is 11.3 Å². The standard InChI is InChI=1S/C17H15Cl3FNO3/c1-22-12-3-10(2-11(18)7-12)8-25-16-13(19)4-9(5-14(16)20)6-15(21)17(23)24/h2-5,7,15,22H,6,8H2,1H3,(H,23,24). The molecule has 0 aliphatic carbocycles. The zero-order chi connectivity index (χ0) is 18.6. The Kier molecular flexibility index (Phi) is 6.76. The van der Waals surface area contributed by atoms with Gasteiger partial charge in [0.05, 0.1) is 10.0 Å². The molecule has 1 atom stereocenters. The molecule has 0 saturated heterocycles. The number of aliphatic carboxylic acids is 1. The van der Waals surface area contributed by atoms with Crippen LogP contribution in [0.15, 0.2) is 30.3 Å². The molecule has 0 aliphatic heterocycles. The topological polar surface area (TPSA) is 58.6 Å². The van der Waals surface area contributed by atoms with Gasteiger partial charge in [-0.1, -0.05) is 34.8 Å². The molecule has 2 aromatic rings. The van der Waals surface area contributed by atoms with Crippen LogP contribution in [0, 0.1) is 0 Å². The lowest BCUT2D eigenvalue weighted by atomic mass is 10.1. The molecule has 1 unspecified atom stereocenters. The van der Waals surface area contributed by atoms with E-state index < -0.39 is 12.1 Å². The number of rotatable bonds is 7. The number of ether oxygens (including phenoxy) is 1. The van der Waals surface area contributed by atoms with Crippen molar-refractivity contribution in [1.82, 2.24) is 0 Å². The van der Waals surface area contributed by atoms with Crippen molar-refractivity contribution >= 4 is 46.5 Å². The van der Waals surface area contributed by atoms with E-state index in [1.54, 1.807) is 19.2 Å². The number of carboxylic acids is 1. The normalized spacial score (nSPS) is 11.9. The molecule has 0 saturated carbocycles. The summed E-state index contributed by atoms with van der Waals surface area (Å²) in [5.41, 5.74) is 2.02. The Morgan fingerprint density at radius 2 is 1.80 bits per heavy atom. The molecule has 0 aromatic heterocycles. The highest BCUT2D eigenvalue weighted by molar-refractivity contribution is 6.37. The maximum atomic E-state index is 13.3. The molecular formula is C17H15Cl3FNO3. The fourth-order valence-corrected chi connectivity index (χ4v) is 3.10. The van der Waals surface area contributed by atoms with Crippen LogP contribution >= 0.6 is 34.8 Å². The molecule has 8 heteroatoms. The third-order valence-electron chi connectivity index (χ3n) is 3.37. The van der Waals surface area contributed by atoms with Crippen molar-refractivity contribution in [3.8, 4) is 5.75 Å². The van der Waals surface area contributed by atoms with Crippen molar-refractivity contribution in [2.45, 2.75) is 19.2 Å². The Morgan fingerprint density at radius 3 is 2.36 bits per heavy atom. The van der Waals surface area contributed by atoms with Gasteiger partial charge in [0.1, 0.15) is 6.61 Å². The number of anilines is 1. The highest BCUT2D eigenvalue weighted by atomic mass is 35.5. The molecule has 134 valence electrons. The molecule has 0 radical (unpaired) electrons. The van der Waals surface area contributed by atoms with Crippen molar-refractivity contribution in [3.63, 3.8) is 0 Å². The van der Waals surface area contributed by atoms with E-state index >= 15 is 0 Å². The van der Waals surface area contributed by atoms with Gasteiger partial charge in [0.2, 0.25) is 6.17 Å². The lowest BCUT2D eigenvalue weighted by Gasteiger charge is -2.13. The van der Waals surface area contributed by atoms with Gasteiger partial charge >= 0.3 is 5.97 Å². The van der Waals surface area contributed by atoms with E-state index in [0.29, 0.717) is 10.6 Å². The van der Waals surface area contributed by atoms with E-state index in [9.17, 15) is 9.18 Å². The molecule has 2 N–H and O–H groups in total. The molecule has 25 heavy (non-hydrogen) atoms. The number of alkyl halides is 1. The van der Waals surface area contributed by atoms with Gasteiger partial charge < -0.3 is 15.2 Å². The van der Waals surface area contributed by atoms with Gasteiger partial charge in [-0.05, 0) is 41.5 Å². The smallest absolute Gasteiger partial charge is 0.338 e. The average Bonchev–Trinajstić information content (AvgIpc) is 2.53. The number of nitrogens with one attached hydrogen (secondary N) is 1. The summed E-state index contributed by atoms with van der Waals surface area (Å²) in [6.45, 7) is 0.175. The predicted octanol–water partition coefficient (Wildman–Crippen LogP) is 5.23. The Bertz CT molecular complexity index is 763. The van der Waals surface area contributed by atoms with Crippen LogP contribution in [0.4, 0.5) is 10.1 Å². The molecule has 0 spiro atoms. The maximum absolute atomic E-state index is 13.3. The van der Waals surface area contributed by atoms with Crippen LogP contribution in [0.1, 0.15) is 11.1 Å². The Labute approximate surface area is 159 Å². The summed E-state index contributed by atoms with van der Waals surface area (Å²) in [7, 11) is 1.78. The van der Waals surface area contributed by atoms with Crippen LogP contribution < -0.4 is 10.1 Å². The Balaban J connectivity index is 2.15. The minimum absolute atomic E-state index is 0.175. The van der Waals surface area contributed by atoms with Crippen molar-refractivity contribution in [1.29, 1.82) is 0 Å². The molecule has 2 rings (SSSR count). The van der Waals surface area contributed by atoms with Crippen LogP contribution in [-0.2, 0) is 17.8 Å². The zero-order valence-electron chi connectivity index (χ0n) is 13.2. The molecule has 0 aliphatic rings. The number of benzene rings is 2. The molecule has 2 aromatic carbocycles. The van der Waals surface area contributed by atoms with E-state index in [1.165, 1.54) is 12.1 Å². The van der Waals surface area contributed by atoms with Gasteiger partial charge in [-0.15, -0.1) is 0 Å². The minimum Gasteiger partial charge on any atom is -0.486 e. The molecule has 0 heterocycles. The van der Waals surface area contributed by atoms with Crippen molar-refractivity contribution < 1.29 is 19.0 Å². The van der Waals surface area contributed by atoms with Crippen molar-refractivity contribution in [2.75, 3.05) is 12.4 Å². The Morgan fingerprint density at radius 1 is 1.16 bits per heavy atom. The molecule has 0 fully saturated rings. The monoisotopic (exact) mass is 405 g/mol. The third kappa shape index (κ3) is 5.39. The largest absolute Gasteiger partial charge is 0.486 e. The summed E-state index contributed by atoms with van der Waals surface area (Å²) < 4.78 is 19.0. The first kappa shape index (κ1) is 19.6. The van der Waals surface area contributed by atoms with Crippen LogP contribution in [0.2, 0.25) is 15.1 Å². The Hall–Kier alpha value is -1.69. The van der Waals surface area contributed by atoms with Gasteiger partial charge in [-0.25, -0.2) is 9.18 Å². The van der Waals surface area contributed by atoms with Gasteiger partial charge in [-0.3, -0.25) is 0 Å². The minimum atomic E-state index is -2.02. The lowest BCUT2D eigenvalue weighted by Crippen LogP contribution is -2.17. The van der Waals surface area contributed by atoms with Crippen LogP contribution in [0.5, 0.6) is 5.75 Å². The van der Waals surface area contributed by atoms with Crippen molar-refractivity contribution in [3.05, 3.63) is 56.5 Å². The molecule has 4 nitrogen and oxygen atoms in total. The van der Waals surface area contributed by atoms with Crippen LogP contribution in [-0.4, -0.2) is 24.3 Å². The van der Waals surface area contributed by atoms with Gasteiger partial charge in [0.25, 0.3) is 0 Å². The molecule has 0 amide bonds. The van der Waals surface area contributed by atoms with E-state index in [1.807, 2.05) is 6.07 Å². The first-order valence-corrected chi connectivity index (χ1v) is 8.38. The van der Waals surface area contributed by atoms with Gasteiger partial charge in [0, 0.05) is 24.2 Å².